The number of likely N-dealkylation sites (tertiary alicyclic amines) is 1. The van der Waals surface area contributed by atoms with Gasteiger partial charge in [-0.3, -0.25) is 9.10 Å². The predicted molar refractivity (Wildman–Crippen MR) is 89.1 cm³/mol. The molecule has 2 rings (SSSR count). The number of rotatable bonds is 5. The highest BCUT2D eigenvalue weighted by Gasteiger charge is 2.37. The largest absolute Gasteiger partial charge is 0.418 e. The van der Waals surface area contributed by atoms with Gasteiger partial charge in [0.25, 0.3) is 0 Å². The Labute approximate surface area is 149 Å². The van der Waals surface area contributed by atoms with Crippen molar-refractivity contribution in [1.29, 1.82) is 0 Å². The second-order valence-electron chi connectivity index (χ2n) is 5.83. The molecule has 1 aromatic rings. The van der Waals surface area contributed by atoms with Crippen LogP contribution in [0.2, 0.25) is 5.02 Å². The first-order chi connectivity index (χ1) is 11.5. The van der Waals surface area contributed by atoms with Crippen molar-refractivity contribution in [3.63, 3.8) is 0 Å². The number of benzene rings is 1. The average molecular weight is 399 g/mol. The monoisotopic (exact) mass is 398 g/mol. The minimum atomic E-state index is -4.78. The van der Waals surface area contributed by atoms with Gasteiger partial charge < -0.3 is 4.90 Å². The van der Waals surface area contributed by atoms with E-state index in [2.05, 4.69) is 0 Å². The van der Waals surface area contributed by atoms with Gasteiger partial charge >= 0.3 is 6.18 Å². The summed E-state index contributed by atoms with van der Waals surface area (Å²) in [4.78, 5) is 13.7. The summed E-state index contributed by atoms with van der Waals surface area (Å²) in [5.74, 6) is -0.270. The summed E-state index contributed by atoms with van der Waals surface area (Å²) in [5, 5.41) is -0.155. The summed E-state index contributed by atoms with van der Waals surface area (Å²) in [6, 6.07) is 2.87. The van der Waals surface area contributed by atoms with Crippen LogP contribution in [0.1, 0.15) is 24.8 Å². The quantitative estimate of drug-likeness (QED) is 0.765. The van der Waals surface area contributed by atoms with E-state index >= 15 is 0 Å². The first kappa shape index (κ1) is 19.8. The lowest BCUT2D eigenvalue weighted by Crippen LogP contribution is -2.36. The molecule has 5 nitrogen and oxygen atoms in total. The van der Waals surface area contributed by atoms with Gasteiger partial charge in [0.2, 0.25) is 15.9 Å². The standard InChI is InChI=1S/C15H18ClF3N2O3S/c1-25(23,24)21(9-6-14(22)20-7-2-3-8-20)13-5-4-11(16)10-12(13)15(17,18)19/h4-5,10H,2-3,6-9H2,1H3. The van der Waals surface area contributed by atoms with Crippen LogP contribution in [-0.4, -0.2) is 45.1 Å². The molecule has 0 aliphatic carbocycles. The Balaban J connectivity index is 2.31. The van der Waals surface area contributed by atoms with E-state index in [1.165, 1.54) is 6.07 Å². The number of hydrogen-bond acceptors (Lipinski definition) is 3. The topological polar surface area (TPSA) is 57.7 Å². The van der Waals surface area contributed by atoms with Crippen molar-refractivity contribution in [1.82, 2.24) is 4.90 Å². The number of sulfonamides is 1. The number of hydrogen-bond donors (Lipinski definition) is 0. The Morgan fingerprint density at radius 3 is 2.40 bits per heavy atom. The summed E-state index contributed by atoms with van der Waals surface area (Å²) in [7, 11) is -4.01. The Hall–Kier alpha value is -1.48. The maximum Gasteiger partial charge on any atom is 0.418 e. The minimum absolute atomic E-state index is 0.155. The lowest BCUT2D eigenvalue weighted by Gasteiger charge is -2.26. The van der Waals surface area contributed by atoms with Crippen LogP contribution in [0, 0.1) is 0 Å². The van der Waals surface area contributed by atoms with E-state index in [1.54, 1.807) is 4.90 Å². The summed E-state index contributed by atoms with van der Waals surface area (Å²) < 4.78 is 64.5. The molecule has 1 aliphatic heterocycles. The number of amides is 1. The van der Waals surface area contributed by atoms with Crippen molar-refractivity contribution < 1.29 is 26.4 Å². The Bertz CT molecular complexity index is 747. The van der Waals surface area contributed by atoms with E-state index in [9.17, 15) is 26.4 Å². The number of carbonyl (C=O) groups is 1. The van der Waals surface area contributed by atoms with Gasteiger partial charge in [0.05, 0.1) is 17.5 Å². The lowest BCUT2D eigenvalue weighted by molar-refractivity contribution is -0.137. The maximum atomic E-state index is 13.3. The molecule has 1 amide bonds. The van der Waals surface area contributed by atoms with Crippen molar-refractivity contribution in [3.05, 3.63) is 28.8 Å². The molecule has 1 fully saturated rings. The van der Waals surface area contributed by atoms with Gasteiger partial charge in [0, 0.05) is 31.1 Å². The third-order valence-electron chi connectivity index (χ3n) is 3.92. The van der Waals surface area contributed by atoms with Crippen LogP contribution in [0.4, 0.5) is 18.9 Å². The van der Waals surface area contributed by atoms with Crippen molar-refractivity contribution >= 4 is 33.2 Å². The first-order valence-electron chi connectivity index (χ1n) is 7.62. The highest BCUT2D eigenvalue weighted by molar-refractivity contribution is 7.92. The molecule has 25 heavy (non-hydrogen) atoms. The molecule has 0 saturated carbocycles. The fraction of sp³-hybridized carbons (Fsp3) is 0.533. The minimum Gasteiger partial charge on any atom is -0.343 e. The molecule has 0 aromatic heterocycles. The maximum absolute atomic E-state index is 13.3. The molecule has 0 unspecified atom stereocenters. The molecular formula is C15H18ClF3N2O3S. The van der Waals surface area contributed by atoms with E-state index < -0.39 is 27.5 Å². The summed E-state index contributed by atoms with van der Waals surface area (Å²) in [5.41, 5.74) is -1.69. The van der Waals surface area contributed by atoms with Crippen molar-refractivity contribution in [3.8, 4) is 0 Å². The highest BCUT2D eigenvalue weighted by Crippen LogP contribution is 2.39. The number of alkyl halides is 3. The van der Waals surface area contributed by atoms with Gasteiger partial charge in [-0.2, -0.15) is 13.2 Å². The van der Waals surface area contributed by atoms with Gasteiger partial charge in [-0.05, 0) is 31.0 Å². The lowest BCUT2D eigenvalue weighted by atomic mass is 10.1. The molecule has 1 saturated heterocycles. The highest BCUT2D eigenvalue weighted by atomic mass is 35.5. The molecule has 0 spiro atoms. The second kappa shape index (κ2) is 7.41. The number of carbonyl (C=O) groups excluding carboxylic acids is 1. The SMILES string of the molecule is CS(=O)(=O)N(CCC(=O)N1CCCC1)c1ccc(Cl)cc1C(F)(F)F. The number of halogens is 4. The molecule has 0 radical (unpaired) electrons. The molecule has 0 N–H and O–H groups in total. The third kappa shape index (κ3) is 5.01. The zero-order valence-corrected chi connectivity index (χ0v) is 15.1. The Morgan fingerprint density at radius 2 is 1.88 bits per heavy atom. The van der Waals surface area contributed by atoms with Gasteiger partial charge in [-0.25, -0.2) is 8.42 Å². The molecule has 1 heterocycles. The normalized spacial score (nSPS) is 15.5. The molecule has 10 heteroatoms. The fourth-order valence-electron chi connectivity index (χ4n) is 2.74. The first-order valence-corrected chi connectivity index (χ1v) is 9.85. The van der Waals surface area contributed by atoms with Gasteiger partial charge in [-0.15, -0.1) is 0 Å². The smallest absolute Gasteiger partial charge is 0.343 e. The van der Waals surface area contributed by atoms with Crippen molar-refractivity contribution in [2.24, 2.45) is 0 Å². The van der Waals surface area contributed by atoms with Crippen LogP contribution in [0.15, 0.2) is 18.2 Å². The van der Waals surface area contributed by atoms with E-state index in [1.807, 2.05) is 0 Å². The molecule has 0 atom stereocenters. The Kier molecular flexibility index (Phi) is 5.88. The third-order valence-corrected chi connectivity index (χ3v) is 5.34. The van der Waals surface area contributed by atoms with E-state index in [-0.39, 0.29) is 23.9 Å². The molecule has 1 aliphatic rings. The van der Waals surface area contributed by atoms with Crippen molar-refractivity contribution in [2.45, 2.75) is 25.4 Å². The summed E-state index contributed by atoms with van der Waals surface area (Å²) in [6.45, 7) is 0.817. The predicted octanol–water partition coefficient (Wildman–Crippen LogP) is 3.14. The van der Waals surface area contributed by atoms with Gasteiger partial charge in [-0.1, -0.05) is 11.6 Å². The van der Waals surface area contributed by atoms with E-state index in [0.29, 0.717) is 23.5 Å². The fourth-order valence-corrected chi connectivity index (χ4v) is 3.85. The Morgan fingerprint density at radius 1 is 1.28 bits per heavy atom. The van der Waals surface area contributed by atoms with Crippen LogP contribution in [-0.2, 0) is 21.0 Å². The number of nitrogens with zero attached hydrogens (tertiary/aromatic N) is 2. The van der Waals surface area contributed by atoms with E-state index in [0.717, 1.165) is 25.2 Å². The van der Waals surface area contributed by atoms with Crippen LogP contribution in [0.5, 0.6) is 0 Å². The molecule has 140 valence electrons. The van der Waals surface area contributed by atoms with Crippen LogP contribution < -0.4 is 4.31 Å². The zero-order valence-electron chi connectivity index (χ0n) is 13.5. The van der Waals surface area contributed by atoms with Crippen molar-refractivity contribution in [2.75, 3.05) is 30.2 Å². The van der Waals surface area contributed by atoms with Crippen LogP contribution in [0.3, 0.4) is 0 Å². The van der Waals surface area contributed by atoms with Gasteiger partial charge in [0.15, 0.2) is 0 Å². The number of anilines is 1. The van der Waals surface area contributed by atoms with Crippen LogP contribution in [0.25, 0.3) is 0 Å². The summed E-state index contributed by atoms with van der Waals surface area (Å²) >= 11 is 5.63. The van der Waals surface area contributed by atoms with E-state index in [4.69, 9.17) is 11.6 Å². The molecular weight excluding hydrogens is 381 g/mol. The average Bonchev–Trinajstić information content (AvgIpc) is 3.00. The second-order valence-corrected chi connectivity index (χ2v) is 8.18. The van der Waals surface area contributed by atoms with Crippen LogP contribution >= 0.6 is 11.6 Å². The zero-order chi connectivity index (χ0) is 18.8. The van der Waals surface area contributed by atoms with Gasteiger partial charge in [0.1, 0.15) is 0 Å². The molecule has 1 aromatic carbocycles. The summed E-state index contributed by atoms with van der Waals surface area (Å²) in [6.07, 6.45) is -2.41. The molecule has 0 bridgehead atoms.